The number of aliphatic imine (C=N–C) groups is 1. The van der Waals surface area contributed by atoms with Gasteiger partial charge in [-0.1, -0.05) is 6.92 Å². The van der Waals surface area contributed by atoms with Gasteiger partial charge in [-0.05, 0) is 24.7 Å². The van der Waals surface area contributed by atoms with Crippen molar-refractivity contribution in [1.82, 2.24) is 15.5 Å². The Morgan fingerprint density at radius 1 is 1.26 bits per heavy atom. The molecule has 5 nitrogen and oxygen atoms in total. The van der Waals surface area contributed by atoms with E-state index in [1.165, 1.54) is 19.3 Å². The van der Waals surface area contributed by atoms with E-state index in [4.69, 9.17) is 4.74 Å². The predicted octanol–water partition coefficient (Wildman–Crippen LogP) is 0.674. The van der Waals surface area contributed by atoms with Crippen molar-refractivity contribution in [3.63, 3.8) is 0 Å². The number of nitrogens with zero attached hydrogens (tertiary/aromatic N) is 2. The largest absolute Gasteiger partial charge is 0.379 e. The van der Waals surface area contributed by atoms with Crippen molar-refractivity contribution in [2.75, 3.05) is 53.0 Å². The summed E-state index contributed by atoms with van der Waals surface area (Å²) in [6.45, 7) is 9.17. The van der Waals surface area contributed by atoms with Crippen LogP contribution in [0.3, 0.4) is 0 Å². The molecule has 0 radical (unpaired) electrons. The van der Waals surface area contributed by atoms with Gasteiger partial charge in [-0.2, -0.15) is 0 Å². The highest BCUT2D eigenvalue weighted by molar-refractivity contribution is 5.79. The van der Waals surface area contributed by atoms with E-state index in [0.717, 1.165) is 51.9 Å². The van der Waals surface area contributed by atoms with Crippen LogP contribution >= 0.6 is 0 Å². The molecular formula is C14H28N4O. The van der Waals surface area contributed by atoms with E-state index in [-0.39, 0.29) is 0 Å². The maximum atomic E-state index is 5.35. The summed E-state index contributed by atoms with van der Waals surface area (Å²) in [6, 6.07) is 0. The molecule has 0 aromatic rings. The predicted molar refractivity (Wildman–Crippen MR) is 78.6 cm³/mol. The van der Waals surface area contributed by atoms with Gasteiger partial charge in [0.1, 0.15) is 0 Å². The number of rotatable bonds is 6. The molecule has 110 valence electrons. The van der Waals surface area contributed by atoms with Crippen LogP contribution in [0.4, 0.5) is 0 Å². The first-order valence-electron chi connectivity index (χ1n) is 7.53. The smallest absolute Gasteiger partial charge is 0.191 e. The zero-order chi connectivity index (χ0) is 13.6. The van der Waals surface area contributed by atoms with Crippen molar-refractivity contribution in [1.29, 1.82) is 0 Å². The summed E-state index contributed by atoms with van der Waals surface area (Å²) in [5.41, 5.74) is 0.557. The molecule has 0 unspecified atom stereocenters. The van der Waals surface area contributed by atoms with Crippen LogP contribution in [0.2, 0.25) is 0 Å². The minimum absolute atomic E-state index is 0.557. The van der Waals surface area contributed by atoms with Crippen molar-refractivity contribution in [3.8, 4) is 0 Å². The molecule has 2 rings (SSSR count). The zero-order valence-electron chi connectivity index (χ0n) is 12.4. The molecule has 1 saturated heterocycles. The molecule has 0 bridgehead atoms. The monoisotopic (exact) mass is 268 g/mol. The SMILES string of the molecule is CCC1(CNC(=NC)NCCN2CCOCC2)CC1. The molecule has 2 fully saturated rings. The summed E-state index contributed by atoms with van der Waals surface area (Å²) >= 11 is 0. The summed E-state index contributed by atoms with van der Waals surface area (Å²) in [5.74, 6) is 0.938. The fourth-order valence-corrected chi connectivity index (χ4v) is 2.48. The Bertz CT molecular complexity index is 296. The van der Waals surface area contributed by atoms with E-state index in [9.17, 15) is 0 Å². The lowest BCUT2D eigenvalue weighted by Gasteiger charge is -2.27. The summed E-state index contributed by atoms with van der Waals surface area (Å²) in [6.07, 6.45) is 3.99. The summed E-state index contributed by atoms with van der Waals surface area (Å²) in [4.78, 5) is 6.72. The van der Waals surface area contributed by atoms with Crippen molar-refractivity contribution >= 4 is 5.96 Å². The average Bonchev–Trinajstić information content (AvgIpc) is 3.24. The second-order valence-corrected chi connectivity index (χ2v) is 5.66. The lowest BCUT2D eigenvalue weighted by Crippen LogP contribution is -2.45. The number of nitrogens with one attached hydrogen (secondary N) is 2. The van der Waals surface area contributed by atoms with Crippen LogP contribution in [0.1, 0.15) is 26.2 Å². The van der Waals surface area contributed by atoms with Crippen LogP contribution in [0.25, 0.3) is 0 Å². The molecule has 1 saturated carbocycles. The Labute approximate surface area is 116 Å². The van der Waals surface area contributed by atoms with Gasteiger partial charge in [0, 0.05) is 39.8 Å². The maximum Gasteiger partial charge on any atom is 0.191 e. The molecule has 0 aromatic carbocycles. The van der Waals surface area contributed by atoms with Gasteiger partial charge in [0.15, 0.2) is 5.96 Å². The van der Waals surface area contributed by atoms with Crippen LogP contribution in [-0.4, -0.2) is 63.8 Å². The molecule has 2 aliphatic rings. The quantitative estimate of drug-likeness (QED) is 0.549. The number of guanidine groups is 1. The van der Waals surface area contributed by atoms with Crippen LogP contribution in [0.5, 0.6) is 0 Å². The van der Waals surface area contributed by atoms with E-state index in [0.29, 0.717) is 5.41 Å². The average molecular weight is 268 g/mol. The van der Waals surface area contributed by atoms with Crippen molar-refractivity contribution in [3.05, 3.63) is 0 Å². The molecule has 1 aliphatic heterocycles. The van der Waals surface area contributed by atoms with Crippen molar-refractivity contribution in [2.45, 2.75) is 26.2 Å². The van der Waals surface area contributed by atoms with Crippen molar-refractivity contribution < 1.29 is 4.74 Å². The van der Waals surface area contributed by atoms with Gasteiger partial charge < -0.3 is 15.4 Å². The highest BCUT2D eigenvalue weighted by atomic mass is 16.5. The Balaban J connectivity index is 1.59. The molecule has 19 heavy (non-hydrogen) atoms. The van der Waals surface area contributed by atoms with Gasteiger partial charge in [0.05, 0.1) is 13.2 Å². The Kier molecular flexibility index (Phi) is 5.45. The maximum absolute atomic E-state index is 5.35. The van der Waals surface area contributed by atoms with Gasteiger partial charge in [0.25, 0.3) is 0 Å². The molecule has 0 amide bonds. The summed E-state index contributed by atoms with van der Waals surface area (Å²) < 4.78 is 5.35. The second-order valence-electron chi connectivity index (χ2n) is 5.66. The van der Waals surface area contributed by atoms with Crippen LogP contribution < -0.4 is 10.6 Å². The molecular weight excluding hydrogens is 240 g/mol. The van der Waals surface area contributed by atoms with E-state index >= 15 is 0 Å². The van der Waals surface area contributed by atoms with Gasteiger partial charge >= 0.3 is 0 Å². The molecule has 0 atom stereocenters. The number of morpholine rings is 1. The molecule has 2 N–H and O–H groups in total. The standard InChI is InChI=1S/C14H28N4O/c1-3-14(4-5-14)12-17-13(15-2)16-6-7-18-8-10-19-11-9-18/h3-12H2,1-2H3,(H2,15,16,17). The molecule has 0 aromatic heterocycles. The second kappa shape index (κ2) is 7.10. The lowest BCUT2D eigenvalue weighted by atomic mass is 10.0. The fraction of sp³-hybridized carbons (Fsp3) is 0.929. The first-order chi connectivity index (χ1) is 9.28. The summed E-state index contributed by atoms with van der Waals surface area (Å²) in [5, 5.41) is 6.85. The topological polar surface area (TPSA) is 48.9 Å². The summed E-state index contributed by atoms with van der Waals surface area (Å²) in [7, 11) is 1.84. The zero-order valence-corrected chi connectivity index (χ0v) is 12.4. The number of hydrogen-bond donors (Lipinski definition) is 2. The third-order valence-electron chi connectivity index (χ3n) is 4.39. The third kappa shape index (κ3) is 4.66. The minimum Gasteiger partial charge on any atom is -0.379 e. The minimum atomic E-state index is 0.557. The van der Waals surface area contributed by atoms with E-state index in [2.05, 4.69) is 27.4 Å². The fourth-order valence-electron chi connectivity index (χ4n) is 2.48. The van der Waals surface area contributed by atoms with E-state index in [1.807, 2.05) is 7.05 Å². The first kappa shape index (κ1) is 14.6. The molecule has 1 aliphatic carbocycles. The Morgan fingerprint density at radius 2 is 2.00 bits per heavy atom. The molecule has 0 spiro atoms. The van der Waals surface area contributed by atoms with Gasteiger partial charge in [0.2, 0.25) is 0 Å². The van der Waals surface area contributed by atoms with E-state index in [1.54, 1.807) is 0 Å². The highest BCUT2D eigenvalue weighted by Gasteiger charge is 2.40. The Hall–Kier alpha value is -0.810. The van der Waals surface area contributed by atoms with Gasteiger partial charge in [-0.3, -0.25) is 9.89 Å². The normalized spacial score (nSPS) is 23.2. The van der Waals surface area contributed by atoms with Crippen LogP contribution in [0, 0.1) is 5.41 Å². The highest BCUT2D eigenvalue weighted by Crippen LogP contribution is 2.47. The van der Waals surface area contributed by atoms with Crippen molar-refractivity contribution in [2.24, 2.45) is 10.4 Å². The number of ether oxygens (including phenoxy) is 1. The first-order valence-corrected chi connectivity index (χ1v) is 7.53. The van der Waals surface area contributed by atoms with Crippen LogP contribution in [0.15, 0.2) is 4.99 Å². The molecule has 5 heteroatoms. The van der Waals surface area contributed by atoms with Gasteiger partial charge in [-0.15, -0.1) is 0 Å². The third-order valence-corrected chi connectivity index (χ3v) is 4.39. The Morgan fingerprint density at radius 3 is 2.58 bits per heavy atom. The lowest BCUT2D eigenvalue weighted by molar-refractivity contribution is 0.0389. The van der Waals surface area contributed by atoms with E-state index < -0.39 is 0 Å². The number of hydrogen-bond acceptors (Lipinski definition) is 3. The van der Waals surface area contributed by atoms with Crippen LogP contribution in [-0.2, 0) is 4.74 Å². The van der Waals surface area contributed by atoms with Gasteiger partial charge in [-0.25, -0.2) is 0 Å². The molecule has 1 heterocycles.